The summed E-state index contributed by atoms with van der Waals surface area (Å²) in [5.74, 6) is 0. The molecule has 0 aliphatic carbocycles. The predicted octanol–water partition coefficient (Wildman–Crippen LogP) is 5.61. The number of hydrogen-bond acceptors (Lipinski definition) is 2. The molecular formula is C29H38O2Sn2. The molecule has 0 amide bonds. The van der Waals surface area contributed by atoms with Crippen molar-refractivity contribution in [2.24, 2.45) is 0 Å². The fraction of sp³-hybridized carbons (Fsp3) is 0.379. The van der Waals surface area contributed by atoms with Crippen LogP contribution in [0.4, 0.5) is 0 Å². The normalized spacial score (nSPS) is 17.8. The molecule has 0 unspecified atom stereocenters. The van der Waals surface area contributed by atoms with Crippen LogP contribution in [0.3, 0.4) is 0 Å². The average Bonchev–Trinajstić information content (AvgIpc) is 3.29. The van der Waals surface area contributed by atoms with Crippen LogP contribution in [0.15, 0.2) is 91.0 Å². The Morgan fingerprint density at radius 1 is 0.697 bits per heavy atom. The van der Waals surface area contributed by atoms with Gasteiger partial charge < -0.3 is 0 Å². The molecule has 174 valence electrons. The van der Waals surface area contributed by atoms with E-state index in [2.05, 4.69) is 105 Å². The molecule has 1 saturated heterocycles. The van der Waals surface area contributed by atoms with Gasteiger partial charge in [0.2, 0.25) is 0 Å². The first-order chi connectivity index (χ1) is 16.2. The van der Waals surface area contributed by atoms with Crippen molar-refractivity contribution < 1.29 is 6.15 Å². The SMILES string of the molecule is CCC[CH2][Sn]1([CH2]CCC)[O]C[C@@H]([CH2][Sn]([c]2ccccc2)([c]2ccccc2)[c]2ccccc2)[O]1. The molecule has 1 fully saturated rings. The third kappa shape index (κ3) is 5.88. The topological polar surface area (TPSA) is 18.5 Å². The van der Waals surface area contributed by atoms with E-state index in [1.165, 1.54) is 45.3 Å². The van der Waals surface area contributed by atoms with Crippen molar-refractivity contribution in [2.45, 2.75) is 58.9 Å². The number of rotatable bonds is 11. The van der Waals surface area contributed by atoms with Gasteiger partial charge in [0.15, 0.2) is 0 Å². The van der Waals surface area contributed by atoms with Crippen molar-refractivity contribution >= 4 is 48.3 Å². The quantitative estimate of drug-likeness (QED) is 0.250. The minimum absolute atomic E-state index is 0.228. The van der Waals surface area contributed by atoms with Crippen LogP contribution >= 0.6 is 0 Å². The van der Waals surface area contributed by atoms with Crippen LogP contribution in [-0.4, -0.2) is 50.3 Å². The van der Waals surface area contributed by atoms with E-state index in [1.807, 2.05) is 0 Å². The van der Waals surface area contributed by atoms with Gasteiger partial charge in [-0.05, 0) is 0 Å². The second kappa shape index (κ2) is 12.2. The molecule has 4 heteroatoms. The molecule has 1 aliphatic rings. The summed E-state index contributed by atoms with van der Waals surface area (Å²) in [6.07, 6.45) is 5.17. The van der Waals surface area contributed by atoms with Crippen molar-refractivity contribution in [3.8, 4) is 0 Å². The average molecular weight is 656 g/mol. The maximum absolute atomic E-state index is 7.11. The van der Waals surface area contributed by atoms with Gasteiger partial charge in [0.05, 0.1) is 0 Å². The summed E-state index contributed by atoms with van der Waals surface area (Å²) in [6.45, 7) is 5.37. The van der Waals surface area contributed by atoms with Crippen molar-refractivity contribution in [2.75, 3.05) is 6.61 Å². The molecule has 3 aromatic carbocycles. The molecule has 0 spiro atoms. The molecule has 1 atom stereocenters. The Morgan fingerprint density at radius 2 is 1.12 bits per heavy atom. The Bertz CT molecular complexity index is 858. The molecule has 1 aliphatic heterocycles. The molecule has 1 heterocycles. The molecule has 0 radical (unpaired) electrons. The van der Waals surface area contributed by atoms with E-state index in [-0.39, 0.29) is 6.10 Å². The zero-order valence-electron chi connectivity index (χ0n) is 20.2. The molecule has 3 aromatic rings. The molecule has 4 rings (SSSR count). The standard InChI is InChI=1S/3C6H5.2C4H9.C3H5O2.2Sn/c3*1-2-4-6-5-3-1;2*1-3-4-2;1-3(5)2-4;;/h3*1-5H;2*1,3-4H2,2H3;3H,1-2H2;;/q;;;;;-2;;+2/t;;;;;3-;;/m.....1../s1. The molecule has 33 heavy (non-hydrogen) atoms. The first kappa shape index (κ1) is 25.3. The van der Waals surface area contributed by atoms with Crippen molar-refractivity contribution in [3.05, 3.63) is 91.0 Å². The van der Waals surface area contributed by atoms with E-state index in [9.17, 15) is 0 Å². The zero-order valence-corrected chi connectivity index (χ0v) is 25.9. The molecule has 2 nitrogen and oxygen atoms in total. The first-order valence-corrected chi connectivity index (χ1v) is 25.4. The molecule has 0 N–H and O–H groups in total. The zero-order chi connectivity index (χ0) is 23.0. The fourth-order valence-electron chi connectivity index (χ4n) is 5.36. The Kier molecular flexibility index (Phi) is 9.37. The summed E-state index contributed by atoms with van der Waals surface area (Å²) >= 11 is -6.30. The van der Waals surface area contributed by atoms with Crippen molar-refractivity contribution in [1.29, 1.82) is 0 Å². The summed E-state index contributed by atoms with van der Waals surface area (Å²) in [7, 11) is 0. The monoisotopic (exact) mass is 658 g/mol. The fourth-order valence-corrected chi connectivity index (χ4v) is 31.7. The Labute approximate surface area is 209 Å². The van der Waals surface area contributed by atoms with Crippen molar-refractivity contribution in [3.63, 3.8) is 0 Å². The van der Waals surface area contributed by atoms with Crippen LogP contribution in [0.25, 0.3) is 0 Å². The Morgan fingerprint density at radius 3 is 1.52 bits per heavy atom. The van der Waals surface area contributed by atoms with Gasteiger partial charge in [-0.1, -0.05) is 0 Å². The molecule has 0 bridgehead atoms. The summed E-state index contributed by atoms with van der Waals surface area (Å²) < 4.78 is 22.0. The summed E-state index contributed by atoms with van der Waals surface area (Å²) in [4.78, 5) is 0. The predicted molar refractivity (Wildman–Crippen MR) is 145 cm³/mol. The van der Waals surface area contributed by atoms with Gasteiger partial charge in [0.1, 0.15) is 0 Å². The van der Waals surface area contributed by atoms with Crippen LogP contribution in [0, 0.1) is 0 Å². The van der Waals surface area contributed by atoms with Crippen LogP contribution in [0.2, 0.25) is 13.3 Å². The van der Waals surface area contributed by atoms with Crippen molar-refractivity contribution in [1.82, 2.24) is 0 Å². The van der Waals surface area contributed by atoms with E-state index in [4.69, 9.17) is 6.15 Å². The van der Waals surface area contributed by atoms with E-state index in [1.54, 1.807) is 0 Å². The van der Waals surface area contributed by atoms with Gasteiger partial charge in [-0.15, -0.1) is 0 Å². The van der Waals surface area contributed by atoms with Gasteiger partial charge in [-0.2, -0.15) is 0 Å². The second-order valence-corrected chi connectivity index (χ2v) is 30.2. The van der Waals surface area contributed by atoms with E-state index >= 15 is 0 Å². The molecule has 0 aromatic heterocycles. The molecule has 0 saturated carbocycles. The Hall–Kier alpha value is -0.823. The summed E-state index contributed by atoms with van der Waals surface area (Å²) in [5.41, 5.74) is 0. The Balaban J connectivity index is 1.75. The number of hydrogen-bond donors (Lipinski definition) is 0. The van der Waals surface area contributed by atoms with E-state index in [0.29, 0.717) is 0 Å². The summed E-state index contributed by atoms with van der Waals surface area (Å²) in [5, 5.41) is 0. The first-order valence-electron chi connectivity index (χ1n) is 12.7. The third-order valence-corrected chi connectivity index (χ3v) is 31.9. The maximum atomic E-state index is 7.11. The summed E-state index contributed by atoms with van der Waals surface area (Å²) in [6, 6.07) is 33.9. The van der Waals surface area contributed by atoms with Crippen LogP contribution in [-0.2, 0) is 6.15 Å². The van der Waals surface area contributed by atoms with Crippen LogP contribution in [0.5, 0.6) is 0 Å². The van der Waals surface area contributed by atoms with Gasteiger partial charge >= 0.3 is 211 Å². The van der Waals surface area contributed by atoms with Gasteiger partial charge in [0, 0.05) is 0 Å². The minimum atomic E-state index is -3.32. The van der Waals surface area contributed by atoms with Crippen LogP contribution < -0.4 is 10.7 Å². The third-order valence-electron chi connectivity index (χ3n) is 7.07. The number of benzene rings is 3. The second-order valence-electron chi connectivity index (χ2n) is 9.38. The molecular weight excluding hydrogens is 618 g/mol. The van der Waals surface area contributed by atoms with Gasteiger partial charge in [0.25, 0.3) is 0 Å². The van der Waals surface area contributed by atoms with Crippen LogP contribution in [0.1, 0.15) is 39.5 Å². The van der Waals surface area contributed by atoms with E-state index in [0.717, 1.165) is 11.0 Å². The van der Waals surface area contributed by atoms with E-state index < -0.39 is 37.6 Å². The van der Waals surface area contributed by atoms with Gasteiger partial charge in [-0.3, -0.25) is 0 Å². The van der Waals surface area contributed by atoms with Gasteiger partial charge in [-0.25, -0.2) is 0 Å². The number of unbranched alkanes of at least 4 members (excludes halogenated alkanes) is 2.